The highest BCUT2D eigenvalue weighted by Crippen LogP contribution is 2.27. The second-order valence-corrected chi connectivity index (χ2v) is 5.08. The Morgan fingerprint density at radius 3 is 2.75 bits per heavy atom. The maximum atomic E-state index is 12.1. The molecule has 2 aromatic rings. The van der Waals surface area contributed by atoms with Gasteiger partial charge in [0.05, 0.1) is 11.8 Å². The molecule has 0 atom stereocenters. The maximum absolute atomic E-state index is 12.1. The smallest absolute Gasteiger partial charge is 0.255 e. The Bertz CT molecular complexity index is 623. The minimum atomic E-state index is -0.166. The molecular formula is C15H13N3OS. The quantitative estimate of drug-likeness (QED) is 0.675. The van der Waals surface area contributed by atoms with E-state index in [4.69, 9.17) is 5.26 Å². The van der Waals surface area contributed by atoms with E-state index in [0.29, 0.717) is 17.7 Å². The SMILES string of the molecule is N#CCCSc1ccccc1NC(=O)c1ccncc1. The van der Waals surface area contributed by atoms with E-state index in [1.54, 1.807) is 36.3 Å². The van der Waals surface area contributed by atoms with E-state index in [2.05, 4.69) is 16.4 Å². The molecule has 0 spiro atoms. The van der Waals surface area contributed by atoms with Crippen LogP contribution in [-0.4, -0.2) is 16.6 Å². The van der Waals surface area contributed by atoms with Gasteiger partial charge in [0, 0.05) is 35.0 Å². The molecule has 0 aliphatic heterocycles. The van der Waals surface area contributed by atoms with Crippen LogP contribution in [0.5, 0.6) is 0 Å². The van der Waals surface area contributed by atoms with Gasteiger partial charge in [-0.25, -0.2) is 0 Å². The molecule has 0 bridgehead atoms. The lowest BCUT2D eigenvalue weighted by atomic mass is 10.2. The summed E-state index contributed by atoms with van der Waals surface area (Å²) in [6, 6.07) is 13.0. The third-order valence-electron chi connectivity index (χ3n) is 2.55. The van der Waals surface area contributed by atoms with E-state index >= 15 is 0 Å². The van der Waals surface area contributed by atoms with Crippen LogP contribution in [0, 0.1) is 11.3 Å². The Kier molecular flexibility index (Phi) is 5.15. The first-order chi connectivity index (χ1) is 9.81. The molecule has 1 heterocycles. The molecule has 1 aromatic heterocycles. The number of hydrogen-bond donors (Lipinski definition) is 1. The van der Waals surface area contributed by atoms with Crippen LogP contribution in [0.2, 0.25) is 0 Å². The first kappa shape index (κ1) is 14.1. The van der Waals surface area contributed by atoms with Crippen molar-refractivity contribution in [1.29, 1.82) is 5.26 Å². The van der Waals surface area contributed by atoms with Gasteiger partial charge in [-0.05, 0) is 24.3 Å². The summed E-state index contributed by atoms with van der Waals surface area (Å²) in [5.74, 6) is 0.541. The number of aromatic nitrogens is 1. The van der Waals surface area contributed by atoms with Gasteiger partial charge in [-0.15, -0.1) is 11.8 Å². The van der Waals surface area contributed by atoms with Crippen molar-refractivity contribution in [3.05, 3.63) is 54.4 Å². The predicted octanol–water partition coefficient (Wildman–Crippen LogP) is 3.34. The van der Waals surface area contributed by atoms with Crippen LogP contribution < -0.4 is 5.32 Å². The summed E-state index contributed by atoms with van der Waals surface area (Å²) < 4.78 is 0. The van der Waals surface area contributed by atoms with Crippen molar-refractivity contribution in [1.82, 2.24) is 4.98 Å². The van der Waals surface area contributed by atoms with Gasteiger partial charge in [0.15, 0.2) is 0 Å². The van der Waals surface area contributed by atoms with Crippen LogP contribution in [0.25, 0.3) is 0 Å². The number of nitrogens with zero attached hydrogens (tertiary/aromatic N) is 2. The zero-order valence-electron chi connectivity index (χ0n) is 10.7. The largest absolute Gasteiger partial charge is 0.321 e. The topological polar surface area (TPSA) is 65.8 Å². The number of para-hydroxylation sites is 1. The number of thioether (sulfide) groups is 1. The molecule has 1 N–H and O–H groups in total. The lowest BCUT2D eigenvalue weighted by Gasteiger charge is -2.10. The molecule has 0 fully saturated rings. The average molecular weight is 283 g/mol. The number of benzene rings is 1. The first-order valence-corrected chi connectivity index (χ1v) is 7.10. The number of carbonyl (C=O) groups is 1. The first-order valence-electron chi connectivity index (χ1n) is 6.11. The number of rotatable bonds is 5. The number of pyridine rings is 1. The van der Waals surface area contributed by atoms with Crippen LogP contribution in [0.4, 0.5) is 5.69 Å². The molecule has 5 heteroatoms. The summed E-state index contributed by atoms with van der Waals surface area (Å²) in [5.41, 5.74) is 1.33. The molecule has 100 valence electrons. The molecule has 0 saturated heterocycles. The van der Waals surface area contributed by atoms with Crippen LogP contribution in [0.3, 0.4) is 0 Å². The van der Waals surface area contributed by atoms with Crippen molar-refractivity contribution in [2.75, 3.05) is 11.1 Å². The highest BCUT2D eigenvalue weighted by atomic mass is 32.2. The van der Waals surface area contributed by atoms with E-state index in [1.165, 1.54) is 0 Å². The van der Waals surface area contributed by atoms with Crippen LogP contribution in [0.1, 0.15) is 16.8 Å². The third-order valence-corrected chi connectivity index (χ3v) is 3.62. The predicted molar refractivity (Wildman–Crippen MR) is 79.6 cm³/mol. The zero-order chi connectivity index (χ0) is 14.2. The lowest BCUT2D eigenvalue weighted by molar-refractivity contribution is 0.102. The standard InChI is InChI=1S/C15H13N3OS/c16-8-3-11-20-14-5-2-1-4-13(14)18-15(19)12-6-9-17-10-7-12/h1-2,4-7,9-10H,3,11H2,(H,18,19). The molecule has 0 unspecified atom stereocenters. The Balaban J connectivity index is 2.09. The number of anilines is 1. The molecule has 1 aromatic carbocycles. The van der Waals surface area contributed by atoms with Crippen LogP contribution >= 0.6 is 11.8 Å². The second-order valence-electron chi connectivity index (χ2n) is 3.94. The Morgan fingerprint density at radius 2 is 2.00 bits per heavy atom. The normalized spacial score (nSPS) is 9.75. The van der Waals surface area contributed by atoms with Gasteiger partial charge in [-0.1, -0.05) is 12.1 Å². The van der Waals surface area contributed by atoms with Gasteiger partial charge in [0.1, 0.15) is 0 Å². The fourth-order valence-electron chi connectivity index (χ4n) is 1.60. The number of nitriles is 1. The van der Waals surface area contributed by atoms with E-state index in [0.717, 1.165) is 10.6 Å². The minimum Gasteiger partial charge on any atom is -0.321 e. The fourth-order valence-corrected chi connectivity index (χ4v) is 2.46. The number of nitrogens with one attached hydrogen (secondary N) is 1. The highest BCUT2D eigenvalue weighted by molar-refractivity contribution is 7.99. The summed E-state index contributed by atoms with van der Waals surface area (Å²) in [4.78, 5) is 16.9. The summed E-state index contributed by atoms with van der Waals surface area (Å²) >= 11 is 1.56. The lowest BCUT2D eigenvalue weighted by Crippen LogP contribution is -2.12. The van der Waals surface area contributed by atoms with Gasteiger partial charge in [-0.3, -0.25) is 9.78 Å². The number of hydrogen-bond acceptors (Lipinski definition) is 4. The van der Waals surface area contributed by atoms with Crippen molar-refractivity contribution < 1.29 is 4.79 Å². The van der Waals surface area contributed by atoms with Gasteiger partial charge in [-0.2, -0.15) is 5.26 Å². The van der Waals surface area contributed by atoms with Crippen molar-refractivity contribution in [2.24, 2.45) is 0 Å². The van der Waals surface area contributed by atoms with Crippen LogP contribution in [0.15, 0.2) is 53.7 Å². The molecule has 0 radical (unpaired) electrons. The van der Waals surface area contributed by atoms with Crippen LogP contribution in [-0.2, 0) is 0 Å². The number of amides is 1. The van der Waals surface area contributed by atoms with E-state index in [-0.39, 0.29) is 5.91 Å². The Hall–Kier alpha value is -2.32. The molecule has 1 amide bonds. The third kappa shape index (κ3) is 3.84. The molecule has 0 aliphatic rings. The van der Waals surface area contributed by atoms with Crippen molar-refractivity contribution in [3.63, 3.8) is 0 Å². The highest BCUT2D eigenvalue weighted by Gasteiger charge is 2.08. The molecular weight excluding hydrogens is 270 g/mol. The van der Waals surface area contributed by atoms with Gasteiger partial charge in [0.2, 0.25) is 0 Å². The van der Waals surface area contributed by atoms with Gasteiger partial charge >= 0.3 is 0 Å². The van der Waals surface area contributed by atoms with Crippen molar-refractivity contribution in [3.8, 4) is 6.07 Å². The van der Waals surface area contributed by atoms with Gasteiger partial charge < -0.3 is 5.32 Å². The van der Waals surface area contributed by atoms with E-state index in [1.807, 2.05) is 24.3 Å². The monoisotopic (exact) mass is 283 g/mol. The summed E-state index contributed by atoms with van der Waals surface area (Å²) in [7, 11) is 0. The minimum absolute atomic E-state index is 0.166. The van der Waals surface area contributed by atoms with Gasteiger partial charge in [0.25, 0.3) is 5.91 Å². The molecule has 0 aliphatic carbocycles. The van der Waals surface area contributed by atoms with Crippen molar-refractivity contribution in [2.45, 2.75) is 11.3 Å². The molecule has 2 rings (SSSR count). The second kappa shape index (κ2) is 7.31. The molecule has 4 nitrogen and oxygen atoms in total. The van der Waals surface area contributed by atoms with Crippen molar-refractivity contribution >= 4 is 23.4 Å². The summed E-state index contributed by atoms with van der Waals surface area (Å²) in [6.45, 7) is 0. The van der Waals surface area contributed by atoms with E-state index < -0.39 is 0 Å². The summed E-state index contributed by atoms with van der Waals surface area (Å²) in [6.07, 6.45) is 3.66. The Morgan fingerprint density at radius 1 is 1.25 bits per heavy atom. The summed E-state index contributed by atoms with van der Waals surface area (Å²) in [5, 5.41) is 11.5. The zero-order valence-corrected chi connectivity index (χ0v) is 11.6. The molecule has 0 saturated carbocycles. The fraction of sp³-hybridized carbons (Fsp3) is 0.133. The maximum Gasteiger partial charge on any atom is 0.255 e. The van der Waals surface area contributed by atoms with E-state index in [9.17, 15) is 4.79 Å². The average Bonchev–Trinajstić information content (AvgIpc) is 2.50. The molecule has 20 heavy (non-hydrogen) atoms. The number of carbonyl (C=O) groups excluding carboxylic acids is 1. The Labute approximate surface area is 121 Å².